The number of nitrogens with one attached hydrogen (secondary N) is 2. The van der Waals surface area contributed by atoms with E-state index in [9.17, 15) is 18.0 Å². The summed E-state index contributed by atoms with van der Waals surface area (Å²) in [6.45, 7) is 2.41. The Labute approximate surface area is 276 Å². The number of carbonyl (C=O) groups is 2. The molecule has 1 fully saturated rings. The van der Waals surface area contributed by atoms with E-state index < -0.39 is 28.0 Å². The molecule has 11 heteroatoms. The van der Waals surface area contributed by atoms with Gasteiger partial charge >= 0.3 is 6.03 Å². The average molecular weight is 656 g/mol. The Kier molecular flexibility index (Phi) is 9.38. The van der Waals surface area contributed by atoms with E-state index in [-0.39, 0.29) is 30.6 Å². The number of fused-ring (bicyclic) bond motifs is 2. The third kappa shape index (κ3) is 6.63. The van der Waals surface area contributed by atoms with Crippen LogP contribution in [0.1, 0.15) is 36.9 Å². The minimum atomic E-state index is -4.16. The summed E-state index contributed by atoms with van der Waals surface area (Å²) in [6, 6.07) is 24.1. The van der Waals surface area contributed by atoms with Crippen molar-refractivity contribution in [2.45, 2.75) is 43.2 Å². The number of nitrogens with zero attached hydrogens (tertiary/aromatic N) is 3. The summed E-state index contributed by atoms with van der Waals surface area (Å²) in [5, 5.41) is 7.43. The standard InChI is InChI=1S/C36H41N5O5S/c1-4-46-27-20-18-26(19-21-27)37-36(43)40-22-23-41(33(24-40)35(42)38-31-15-7-11-25-10-5-6-12-28(25)31)47(44,45)34-17-9-13-29-30(34)14-8-16-32(29)39(2)3/h5-6,8-10,12-14,16-21,31,33H,4,7,11,15,22-24H2,1-3H3,(H,37,43)(H,38,42). The molecule has 0 radical (unpaired) electrons. The van der Waals surface area contributed by atoms with Crippen LogP contribution in [0.4, 0.5) is 16.2 Å². The monoisotopic (exact) mass is 655 g/mol. The van der Waals surface area contributed by atoms with Crippen molar-refractivity contribution in [3.8, 4) is 5.75 Å². The number of anilines is 2. The molecule has 0 saturated carbocycles. The van der Waals surface area contributed by atoms with Gasteiger partial charge in [-0.15, -0.1) is 0 Å². The van der Waals surface area contributed by atoms with E-state index in [1.807, 2.05) is 62.3 Å². The zero-order valence-electron chi connectivity index (χ0n) is 27.0. The molecule has 246 valence electrons. The SMILES string of the molecule is CCOc1ccc(NC(=O)N2CCN(S(=O)(=O)c3cccc4c(N(C)C)cccc34)C(C(=O)NC3CCCc4ccccc43)C2)cc1. The highest BCUT2D eigenvalue weighted by molar-refractivity contribution is 7.89. The zero-order valence-corrected chi connectivity index (χ0v) is 27.8. The lowest BCUT2D eigenvalue weighted by Crippen LogP contribution is -2.62. The van der Waals surface area contributed by atoms with Crippen molar-refractivity contribution in [1.82, 2.24) is 14.5 Å². The number of aryl methyl sites for hydroxylation is 1. The van der Waals surface area contributed by atoms with Gasteiger partial charge in [0.05, 0.1) is 17.5 Å². The number of amides is 3. The average Bonchev–Trinajstić information content (AvgIpc) is 3.08. The third-order valence-corrected chi connectivity index (χ3v) is 10.9. The molecule has 1 aliphatic heterocycles. The number of hydrogen-bond donors (Lipinski definition) is 2. The summed E-state index contributed by atoms with van der Waals surface area (Å²) in [5.41, 5.74) is 3.69. The highest BCUT2D eigenvalue weighted by Gasteiger charge is 2.42. The smallest absolute Gasteiger partial charge is 0.321 e. The van der Waals surface area contributed by atoms with Gasteiger partial charge in [-0.3, -0.25) is 4.79 Å². The van der Waals surface area contributed by atoms with Crippen LogP contribution < -0.4 is 20.3 Å². The number of sulfonamides is 1. The van der Waals surface area contributed by atoms with E-state index in [1.165, 1.54) is 14.8 Å². The molecule has 2 unspecified atom stereocenters. The van der Waals surface area contributed by atoms with Crippen molar-refractivity contribution < 1.29 is 22.7 Å². The van der Waals surface area contributed by atoms with Gasteiger partial charge in [0.2, 0.25) is 15.9 Å². The molecule has 10 nitrogen and oxygen atoms in total. The quantitative estimate of drug-likeness (QED) is 0.263. The molecule has 6 rings (SSSR count). The Morgan fingerprint density at radius 2 is 1.66 bits per heavy atom. The maximum atomic E-state index is 14.5. The topological polar surface area (TPSA) is 111 Å². The van der Waals surface area contributed by atoms with Crippen LogP contribution in [-0.4, -0.2) is 75.9 Å². The Morgan fingerprint density at radius 1 is 0.915 bits per heavy atom. The van der Waals surface area contributed by atoms with Crippen LogP contribution in [-0.2, 0) is 21.2 Å². The molecular formula is C36H41N5O5S. The van der Waals surface area contributed by atoms with E-state index in [0.717, 1.165) is 35.9 Å². The van der Waals surface area contributed by atoms with Crippen molar-refractivity contribution in [1.29, 1.82) is 0 Å². The third-order valence-electron chi connectivity index (χ3n) is 8.95. The van der Waals surface area contributed by atoms with Gasteiger partial charge in [-0.2, -0.15) is 4.31 Å². The molecule has 47 heavy (non-hydrogen) atoms. The lowest BCUT2D eigenvalue weighted by atomic mass is 9.87. The largest absolute Gasteiger partial charge is 0.494 e. The second kappa shape index (κ2) is 13.6. The van der Waals surface area contributed by atoms with Crippen LogP contribution in [0.5, 0.6) is 5.75 Å². The van der Waals surface area contributed by atoms with Gasteiger partial charge in [0.15, 0.2) is 0 Å². The van der Waals surface area contributed by atoms with E-state index in [1.54, 1.807) is 42.5 Å². The molecular weight excluding hydrogens is 614 g/mol. The Morgan fingerprint density at radius 3 is 2.43 bits per heavy atom. The van der Waals surface area contributed by atoms with Gasteiger partial charge in [-0.05, 0) is 73.7 Å². The van der Waals surface area contributed by atoms with Crippen LogP contribution in [0.3, 0.4) is 0 Å². The minimum Gasteiger partial charge on any atom is -0.494 e. The fourth-order valence-electron chi connectivity index (χ4n) is 6.63. The van der Waals surface area contributed by atoms with Crippen LogP contribution in [0, 0.1) is 0 Å². The maximum absolute atomic E-state index is 14.5. The number of rotatable bonds is 8. The van der Waals surface area contributed by atoms with Crippen molar-refractivity contribution in [2.24, 2.45) is 0 Å². The van der Waals surface area contributed by atoms with Gasteiger partial charge in [-0.1, -0.05) is 48.5 Å². The Balaban J connectivity index is 1.31. The van der Waals surface area contributed by atoms with Crippen LogP contribution in [0.25, 0.3) is 10.8 Å². The first-order valence-electron chi connectivity index (χ1n) is 16.0. The first kappa shape index (κ1) is 32.3. The van der Waals surface area contributed by atoms with Crippen molar-refractivity contribution in [3.05, 3.63) is 96.1 Å². The van der Waals surface area contributed by atoms with Crippen LogP contribution in [0.2, 0.25) is 0 Å². The van der Waals surface area contributed by atoms with Gasteiger partial charge in [-0.25, -0.2) is 13.2 Å². The van der Waals surface area contributed by atoms with Gasteiger partial charge in [0.1, 0.15) is 11.8 Å². The van der Waals surface area contributed by atoms with Gasteiger partial charge in [0.25, 0.3) is 0 Å². The van der Waals surface area contributed by atoms with Crippen molar-refractivity contribution >= 4 is 44.1 Å². The molecule has 0 bridgehead atoms. The molecule has 3 amide bonds. The van der Waals surface area contributed by atoms with Gasteiger partial charge in [0, 0.05) is 55.9 Å². The molecule has 2 atom stereocenters. The van der Waals surface area contributed by atoms with E-state index in [0.29, 0.717) is 23.4 Å². The summed E-state index contributed by atoms with van der Waals surface area (Å²) >= 11 is 0. The second-order valence-corrected chi connectivity index (χ2v) is 14.0. The molecule has 1 saturated heterocycles. The second-order valence-electron chi connectivity index (χ2n) is 12.1. The van der Waals surface area contributed by atoms with Gasteiger partial charge < -0.3 is 25.2 Å². The normalized spacial score (nSPS) is 18.3. The maximum Gasteiger partial charge on any atom is 0.321 e. The summed E-state index contributed by atoms with van der Waals surface area (Å²) in [7, 11) is -0.335. The first-order valence-corrected chi connectivity index (χ1v) is 17.5. The highest BCUT2D eigenvalue weighted by atomic mass is 32.2. The predicted octanol–water partition coefficient (Wildman–Crippen LogP) is 5.41. The molecule has 0 spiro atoms. The molecule has 0 aromatic heterocycles. The summed E-state index contributed by atoms with van der Waals surface area (Å²) in [6.07, 6.45) is 2.60. The minimum absolute atomic E-state index is 0.0396. The molecule has 2 aliphatic rings. The molecule has 4 aromatic carbocycles. The summed E-state index contributed by atoms with van der Waals surface area (Å²) in [5.74, 6) is 0.263. The van der Waals surface area contributed by atoms with E-state index in [2.05, 4.69) is 16.7 Å². The number of benzene rings is 4. The Hall–Kier alpha value is -4.61. The fraction of sp³-hybridized carbons (Fsp3) is 0.333. The molecule has 1 aliphatic carbocycles. The summed E-state index contributed by atoms with van der Waals surface area (Å²) < 4.78 is 35.9. The van der Waals surface area contributed by atoms with E-state index in [4.69, 9.17) is 4.74 Å². The molecule has 1 heterocycles. The predicted molar refractivity (Wildman–Crippen MR) is 184 cm³/mol. The molecule has 4 aromatic rings. The molecule has 2 N–H and O–H groups in total. The van der Waals surface area contributed by atoms with Crippen LogP contribution >= 0.6 is 0 Å². The summed E-state index contributed by atoms with van der Waals surface area (Å²) in [4.78, 5) is 31.3. The lowest BCUT2D eigenvalue weighted by molar-refractivity contribution is -0.127. The number of urea groups is 1. The highest BCUT2D eigenvalue weighted by Crippen LogP contribution is 2.34. The number of carbonyl (C=O) groups excluding carboxylic acids is 2. The Bertz CT molecular complexity index is 1880. The zero-order chi connectivity index (χ0) is 33.1. The van der Waals surface area contributed by atoms with Crippen molar-refractivity contribution in [2.75, 3.05) is 50.6 Å². The number of piperazine rings is 1. The van der Waals surface area contributed by atoms with Crippen LogP contribution in [0.15, 0.2) is 89.8 Å². The number of hydrogen-bond acceptors (Lipinski definition) is 6. The fourth-order valence-corrected chi connectivity index (χ4v) is 8.41. The van der Waals surface area contributed by atoms with Crippen molar-refractivity contribution in [3.63, 3.8) is 0 Å². The van der Waals surface area contributed by atoms with E-state index >= 15 is 0 Å². The number of ether oxygens (including phenoxy) is 1. The first-order chi connectivity index (χ1) is 22.7. The lowest BCUT2D eigenvalue weighted by Gasteiger charge is -2.40.